The fourth-order valence-electron chi connectivity index (χ4n) is 2.31. The second-order valence-electron chi connectivity index (χ2n) is 5.29. The molecular formula is C14H24N2O2. The third kappa shape index (κ3) is 3.57. The van der Waals surface area contributed by atoms with Crippen molar-refractivity contribution in [2.45, 2.75) is 45.5 Å². The molecular weight excluding hydrogens is 228 g/mol. The molecule has 0 aliphatic carbocycles. The van der Waals surface area contributed by atoms with E-state index in [2.05, 4.69) is 30.1 Å². The summed E-state index contributed by atoms with van der Waals surface area (Å²) in [6.07, 6.45) is 3.30. The lowest BCUT2D eigenvalue weighted by molar-refractivity contribution is 0.106. The summed E-state index contributed by atoms with van der Waals surface area (Å²) in [7, 11) is 1.79. The normalized spacial score (nSPS) is 21.0. The van der Waals surface area contributed by atoms with Gasteiger partial charge in [0.15, 0.2) is 0 Å². The first kappa shape index (κ1) is 13.6. The van der Waals surface area contributed by atoms with Crippen molar-refractivity contribution in [2.24, 2.45) is 0 Å². The molecule has 1 aromatic heterocycles. The molecule has 1 unspecified atom stereocenters. The zero-order chi connectivity index (χ0) is 13.0. The number of rotatable bonds is 6. The van der Waals surface area contributed by atoms with Gasteiger partial charge in [0, 0.05) is 38.3 Å². The first-order valence-corrected chi connectivity index (χ1v) is 6.73. The molecule has 0 spiro atoms. The van der Waals surface area contributed by atoms with Gasteiger partial charge in [0.25, 0.3) is 0 Å². The van der Waals surface area contributed by atoms with E-state index in [1.165, 1.54) is 5.56 Å². The Labute approximate surface area is 109 Å². The molecule has 2 rings (SSSR count). The van der Waals surface area contributed by atoms with Gasteiger partial charge in [0.2, 0.25) is 0 Å². The van der Waals surface area contributed by atoms with E-state index < -0.39 is 0 Å². The van der Waals surface area contributed by atoms with Gasteiger partial charge >= 0.3 is 0 Å². The lowest BCUT2D eigenvalue weighted by Crippen LogP contribution is -2.25. The molecule has 1 fully saturated rings. The van der Waals surface area contributed by atoms with Crippen LogP contribution in [0, 0.1) is 0 Å². The second-order valence-corrected chi connectivity index (χ2v) is 5.29. The minimum atomic E-state index is 0.386. The van der Waals surface area contributed by atoms with Gasteiger partial charge in [-0.1, -0.05) is 13.8 Å². The molecule has 1 saturated heterocycles. The monoisotopic (exact) mass is 252 g/mol. The van der Waals surface area contributed by atoms with Gasteiger partial charge in [-0.3, -0.25) is 4.90 Å². The number of hydrogen-bond acceptors (Lipinski definition) is 4. The van der Waals surface area contributed by atoms with E-state index in [1.807, 2.05) is 0 Å². The summed E-state index contributed by atoms with van der Waals surface area (Å²) < 4.78 is 11.0. The summed E-state index contributed by atoms with van der Waals surface area (Å²) in [6.45, 7) is 8.18. The number of ether oxygens (including phenoxy) is 1. The van der Waals surface area contributed by atoms with Crippen LogP contribution in [-0.2, 0) is 17.8 Å². The van der Waals surface area contributed by atoms with E-state index in [0.717, 1.165) is 38.4 Å². The van der Waals surface area contributed by atoms with Crippen molar-refractivity contribution >= 4 is 0 Å². The highest BCUT2D eigenvalue weighted by molar-refractivity contribution is 5.17. The number of likely N-dealkylation sites (tertiary alicyclic amines) is 1. The molecule has 0 saturated carbocycles. The molecule has 1 aromatic rings. The maximum Gasteiger partial charge on any atom is 0.122 e. The Bertz CT molecular complexity index is 362. The van der Waals surface area contributed by atoms with Gasteiger partial charge in [0.1, 0.15) is 5.76 Å². The third-order valence-electron chi connectivity index (χ3n) is 3.47. The number of nitrogens with zero attached hydrogens (tertiary/aromatic N) is 1. The summed E-state index contributed by atoms with van der Waals surface area (Å²) in [5.41, 5.74) is 1.27. The van der Waals surface area contributed by atoms with E-state index >= 15 is 0 Å². The van der Waals surface area contributed by atoms with Crippen LogP contribution < -0.4 is 5.32 Å². The van der Waals surface area contributed by atoms with Crippen LogP contribution in [0.4, 0.5) is 0 Å². The predicted molar refractivity (Wildman–Crippen MR) is 71.4 cm³/mol. The molecule has 1 atom stereocenters. The molecule has 1 aliphatic rings. The Hall–Kier alpha value is -0.840. The van der Waals surface area contributed by atoms with Crippen LogP contribution in [0.3, 0.4) is 0 Å². The van der Waals surface area contributed by atoms with E-state index in [0.29, 0.717) is 12.1 Å². The van der Waals surface area contributed by atoms with Gasteiger partial charge in [-0.25, -0.2) is 0 Å². The van der Waals surface area contributed by atoms with Crippen LogP contribution >= 0.6 is 0 Å². The van der Waals surface area contributed by atoms with Crippen molar-refractivity contribution in [3.8, 4) is 0 Å². The highest BCUT2D eigenvalue weighted by Crippen LogP contribution is 2.18. The molecule has 4 heteroatoms. The smallest absolute Gasteiger partial charge is 0.122 e. The van der Waals surface area contributed by atoms with Crippen molar-refractivity contribution in [1.82, 2.24) is 10.2 Å². The maximum absolute atomic E-state index is 5.61. The maximum atomic E-state index is 5.61. The average Bonchev–Trinajstić information content (AvgIpc) is 2.96. The van der Waals surface area contributed by atoms with Gasteiger partial charge in [-0.2, -0.15) is 0 Å². The second kappa shape index (κ2) is 6.36. The fraction of sp³-hybridized carbons (Fsp3) is 0.714. The average molecular weight is 252 g/mol. The molecule has 102 valence electrons. The van der Waals surface area contributed by atoms with Crippen molar-refractivity contribution in [2.75, 3.05) is 20.2 Å². The van der Waals surface area contributed by atoms with Crippen LogP contribution in [-0.4, -0.2) is 37.2 Å². The summed E-state index contributed by atoms with van der Waals surface area (Å²) in [4.78, 5) is 2.39. The van der Waals surface area contributed by atoms with E-state index in [4.69, 9.17) is 9.15 Å². The highest BCUT2D eigenvalue weighted by Gasteiger charge is 2.23. The topological polar surface area (TPSA) is 37.6 Å². The van der Waals surface area contributed by atoms with Crippen LogP contribution in [0.1, 0.15) is 31.6 Å². The van der Waals surface area contributed by atoms with E-state index in [-0.39, 0.29) is 0 Å². The fourth-order valence-corrected chi connectivity index (χ4v) is 2.31. The summed E-state index contributed by atoms with van der Waals surface area (Å²) >= 11 is 0. The zero-order valence-electron chi connectivity index (χ0n) is 11.6. The van der Waals surface area contributed by atoms with Crippen LogP contribution in [0.15, 0.2) is 16.7 Å². The Kier molecular flexibility index (Phi) is 4.80. The molecule has 0 bridgehead atoms. The van der Waals surface area contributed by atoms with Gasteiger partial charge in [-0.05, 0) is 12.5 Å². The molecule has 1 aliphatic heterocycles. The Morgan fingerprint density at radius 3 is 3.06 bits per heavy atom. The minimum Gasteiger partial charge on any atom is -0.468 e. The summed E-state index contributed by atoms with van der Waals surface area (Å²) in [5, 5.41) is 3.43. The van der Waals surface area contributed by atoms with E-state index in [1.54, 1.807) is 13.4 Å². The molecule has 4 nitrogen and oxygen atoms in total. The van der Waals surface area contributed by atoms with E-state index in [9.17, 15) is 0 Å². The van der Waals surface area contributed by atoms with Gasteiger partial charge in [-0.15, -0.1) is 0 Å². The number of methoxy groups -OCH3 is 1. The van der Waals surface area contributed by atoms with Gasteiger partial charge in [0.05, 0.1) is 18.9 Å². The first-order valence-electron chi connectivity index (χ1n) is 6.73. The number of furan rings is 1. The number of hydrogen-bond donors (Lipinski definition) is 1. The van der Waals surface area contributed by atoms with Gasteiger partial charge < -0.3 is 14.5 Å². The van der Waals surface area contributed by atoms with Crippen LogP contribution in [0.25, 0.3) is 0 Å². The molecule has 1 N–H and O–H groups in total. The Morgan fingerprint density at radius 2 is 2.39 bits per heavy atom. The summed E-state index contributed by atoms with van der Waals surface area (Å²) in [6, 6.07) is 2.56. The zero-order valence-corrected chi connectivity index (χ0v) is 11.6. The SMILES string of the molecule is COC1CCN(Cc2occc2CNC(C)C)C1. The van der Waals surface area contributed by atoms with Crippen LogP contribution in [0.5, 0.6) is 0 Å². The molecule has 0 amide bonds. The van der Waals surface area contributed by atoms with Crippen LogP contribution in [0.2, 0.25) is 0 Å². The van der Waals surface area contributed by atoms with Crippen molar-refractivity contribution in [3.05, 3.63) is 23.7 Å². The molecule has 0 aromatic carbocycles. The first-order chi connectivity index (χ1) is 8.69. The standard InChI is InChI=1S/C14H24N2O2/c1-11(2)15-8-12-5-7-18-14(12)10-16-6-4-13(9-16)17-3/h5,7,11,13,15H,4,6,8-10H2,1-3H3. The highest BCUT2D eigenvalue weighted by atomic mass is 16.5. The lowest BCUT2D eigenvalue weighted by Gasteiger charge is -2.15. The largest absolute Gasteiger partial charge is 0.468 e. The third-order valence-corrected chi connectivity index (χ3v) is 3.47. The molecule has 0 radical (unpaired) electrons. The number of nitrogens with one attached hydrogen (secondary N) is 1. The quantitative estimate of drug-likeness (QED) is 0.840. The van der Waals surface area contributed by atoms with Crippen molar-refractivity contribution in [3.63, 3.8) is 0 Å². The predicted octanol–water partition coefficient (Wildman–Crippen LogP) is 2.00. The van der Waals surface area contributed by atoms with Crippen molar-refractivity contribution in [1.29, 1.82) is 0 Å². The van der Waals surface area contributed by atoms with Crippen molar-refractivity contribution < 1.29 is 9.15 Å². The molecule has 2 heterocycles. The summed E-state index contributed by atoms with van der Waals surface area (Å²) in [5.74, 6) is 1.08. The minimum absolute atomic E-state index is 0.386. The molecule has 18 heavy (non-hydrogen) atoms. The Balaban J connectivity index is 1.87. The lowest BCUT2D eigenvalue weighted by atomic mass is 10.2. The Morgan fingerprint density at radius 1 is 1.56 bits per heavy atom.